The maximum Gasteiger partial charge on any atom is 0.262 e. The molecule has 0 saturated heterocycles. The summed E-state index contributed by atoms with van der Waals surface area (Å²) in [7, 11) is 0. The van der Waals surface area contributed by atoms with Crippen LogP contribution in [-0.4, -0.2) is 25.4 Å². The largest absolute Gasteiger partial charge is 0.490 e. The van der Waals surface area contributed by atoms with Gasteiger partial charge in [0.1, 0.15) is 6.29 Å². The fraction of sp³-hybridized carbons (Fsp3) is 0.263. The predicted octanol–water partition coefficient (Wildman–Crippen LogP) is 4.19. The number of ether oxygens (including phenoxy) is 2. The van der Waals surface area contributed by atoms with E-state index in [0.29, 0.717) is 24.2 Å². The molecule has 2 rings (SSSR count). The summed E-state index contributed by atoms with van der Waals surface area (Å²) in [4.78, 5) is 23.1. The van der Waals surface area contributed by atoms with Gasteiger partial charge in [-0.25, -0.2) is 0 Å². The number of carbonyl (C=O) groups is 2. The molecule has 1 N–H and O–H groups in total. The average Bonchev–Trinajstić information content (AvgIpc) is 2.56. The van der Waals surface area contributed by atoms with Crippen molar-refractivity contribution in [3.8, 4) is 11.5 Å². The van der Waals surface area contributed by atoms with Gasteiger partial charge in [-0.3, -0.25) is 9.59 Å². The monoisotopic (exact) mass is 361 g/mol. The molecule has 0 spiro atoms. The van der Waals surface area contributed by atoms with Gasteiger partial charge in [0.2, 0.25) is 0 Å². The van der Waals surface area contributed by atoms with Crippen LogP contribution in [0.3, 0.4) is 0 Å². The highest BCUT2D eigenvalue weighted by Crippen LogP contribution is 2.36. The van der Waals surface area contributed by atoms with Gasteiger partial charge in [-0.15, -0.1) is 0 Å². The number of benzene rings is 2. The second kappa shape index (κ2) is 8.53. The molecule has 0 radical (unpaired) electrons. The summed E-state index contributed by atoms with van der Waals surface area (Å²) in [6.07, 6.45) is 0.672. The number of aryl methyl sites for hydroxylation is 2. The number of halogens is 1. The molecule has 2 aromatic carbocycles. The van der Waals surface area contributed by atoms with E-state index in [1.54, 1.807) is 6.92 Å². The number of aldehydes is 1. The lowest BCUT2D eigenvalue weighted by Gasteiger charge is -2.14. The van der Waals surface area contributed by atoms with Gasteiger partial charge in [0.15, 0.2) is 18.1 Å². The van der Waals surface area contributed by atoms with Crippen molar-refractivity contribution in [3.05, 3.63) is 52.0 Å². The molecular formula is C19H20ClNO4. The molecular weight excluding hydrogens is 342 g/mol. The summed E-state index contributed by atoms with van der Waals surface area (Å²) >= 11 is 6.14. The van der Waals surface area contributed by atoms with Gasteiger partial charge in [-0.1, -0.05) is 29.3 Å². The Morgan fingerprint density at radius 2 is 1.96 bits per heavy atom. The third-order valence-electron chi connectivity index (χ3n) is 3.47. The smallest absolute Gasteiger partial charge is 0.262 e. The van der Waals surface area contributed by atoms with Crippen molar-refractivity contribution < 1.29 is 19.1 Å². The molecule has 0 aliphatic heterocycles. The number of rotatable bonds is 7. The molecule has 1 amide bonds. The third kappa shape index (κ3) is 4.97. The Morgan fingerprint density at radius 1 is 1.20 bits per heavy atom. The first-order valence-electron chi connectivity index (χ1n) is 7.86. The van der Waals surface area contributed by atoms with Crippen LogP contribution in [-0.2, 0) is 4.79 Å². The van der Waals surface area contributed by atoms with E-state index in [1.807, 2.05) is 32.0 Å². The van der Waals surface area contributed by atoms with Crippen molar-refractivity contribution in [2.24, 2.45) is 0 Å². The molecule has 0 aromatic heterocycles. The minimum absolute atomic E-state index is 0.215. The van der Waals surface area contributed by atoms with Gasteiger partial charge < -0.3 is 14.8 Å². The number of nitrogens with one attached hydrogen (secondary N) is 1. The van der Waals surface area contributed by atoms with Crippen LogP contribution < -0.4 is 14.8 Å². The van der Waals surface area contributed by atoms with Crippen LogP contribution in [0.4, 0.5) is 5.69 Å². The highest BCUT2D eigenvalue weighted by molar-refractivity contribution is 6.32. The third-order valence-corrected chi connectivity index (χ3v) is 3.75. The molecule has 2 aromatic rings. The van der Waals surface area contributed by atoms with Gasteiger partial charge in [0.05, 0.1) is 11.6 Å². The molecule has 0 fully saturated rings. The summed E-state index contributed by atoms with van der Waals surface area (Å²) in [5.74, 6) is 0.256. The SMILES string of the molecule is CCOc1cc(C=O)cc(Cl)c1OCC(=O)Nc1ccc(C)cc1C. The van der Waals surface area contributed by atoms with Gasteiger partial charge in [-0.2, -0.15) is 0 Å². The molecule has 0 bridgehead atoms. The molecule has 0 heterocycles. The highest BCUT2D eigenvalue weighted by atomic mass is 35.5. The molecule has 0 saturated carbocycles. The number of anilines is 1. The lowest BCUT2D eigenvalue weighted by Crippen LogP contribution is -2.21. The molecule has 132 valence electrons. The minimum atomic E-state index is -0.315. The zero-order chi connectivity index (χ0) is 18.4. The number of hydrogen-bond donors (Lipinski definition) is 1. The summed E-state index contributed by atoms with van der Waals surface area (Å²) in [6, 6.07) is 8.75. The van der Waals surface area contributed by atoms with E-state index in [-0.39, 0.29) is 23.3 Å². The summed E-state index contributed by atoms with van der Waals surface area (Å²) in [5, 5.41) is 3.01. The van der Waals surface area contributed by atoms with Crippen molar-refractivity contribution in [2.75, 3.05) is 18.5 Å². The number of hydrogen-bond acceptors (Lipinski definition) is 4. The van der Waals surface area contributed by atoms with Crippen LogP contribution in [0, 0.1) is 13.8 Å². The predicted molar refractivity (Wildman–Crippen MR) is 98.0 cm³/mol. The topological polar surface area (TPSA) is 64.6 Å². The minimum Gasteiger partial charge on any atom is -0.490 e. The Hall–Kier alpha value is -2.53. The maximum absolute atomic E-state index is 12.2. The van der Waals surface area contributed by atoms with E-state index in [1.165, 1.54) is 12.1 Å². The average molecular weight is 362 g/mol. The first-order chi connectivity index (χ1) is 11.9. The molecule has 25 heavy (non-hydrogen) atoms. The summed E-state index contributed by atoms with van der Waals surface area (Å²) in [5.41, 5.74) is 3.19. The molecule has 0 atom stereocenters. The first kappa shape index (κ1) is 18.8. The van der Waals surface area contributed by atoms with E-state index >= 15 is 0 Å². The molecule has 6 heteroatoms. The highest BCUT2D eigenvalue weighted by Gasteiger charge is 2.14. The van der Waals surface area contributed by atoms with E-state index in [2.05, 4.69) is 5.32 Å². The van der Waals surface area contributed by atoms with Crippen molar-refractivity contribution >= 4 is 29.5 Å². The van der Waals surface area contributed by atoms with Crippen LogP contribution in [0.5, 0.6) is 11.5 Å². The van der Waals surface area contributed by atoms with Crippen molar-refractivity contribution in [1.82, 2.24) is 0 Å². The van der Waals surface area contributed by atoms with Crippen LogP contribution in [0.15, 0.2) is 30.3 Å². The Morgan fingerprint density at radius 3 is 2.60 bits per heavy atom. The zero-order valence-corrected chi connectivity index (χ0v) is 15.1. The lowest BCUT2D eigenvalue weighted by atomic mass is 10.1. The molecule has 0 aliphatic carbocycles. The van der Waals surface area contributed by atoms with Gasteiger partial charge in [0, 0.05) is 11.3 Å². The van der Waals surface area contributed by atoms with Gasteiger partial charge >= 0.3 is 0 Å². The van der Waals surface area contributed by atoms with Gasteiger partial charge in [0.25, 0.3) is 5.91 Å². The zero-order valence-electron chi connectivity index (χ0n) is 14.4. The Labute approximate surface area is 151 Å². The normalized spacial score (nSPS) is 10.2. The number of amides is 1. The second-order valence-electron chi connectivity index (χ2n) is 5.54. The van der Waals surface area contributed by atoms with Gasteiger partial charge in [-0.05, 0) is 44.5 Å². The summed E-state index contributed by atoms with van der Waals surface area (Å²) in [6.45, 7) is 5.86. The van der Waals surface area contributed by atoms with Crippen LogP contribution in [0.1, 0.15) is 28.4 Å². The lowest BCUT2D eigenvalue weighted by molar-refractivity contribution is -0.118. The summed E-state index contributed by atoms with van der Waals surface area (Å²) < 4.78 is 11.0. The van der Waals surface area contributed by atoms with Crippen LogP contribution in [0.25, 0.3) is 0 Å². The Bertz CT molecular complexity index is 789. The first-order valence-corrected chi connectivity index (χ1v) is 8.23. The maximum atomic E-state index is 12.2. The van der Waals surface area contributed by atoms with E-state index < -0.39 is 0 Å². The van der Waals surface area contributed by atoms with Crippen molar-refractivity contribution in [3.63, 3.8) is 0 Å². The van der Waals surface area contributed by atoms with Crippen LogP contribution in [0.2, 0.25) is 5.02 Å². The quantitative estimate of drug-likeness (QED) is 0.751. The fourth-order valence-corrected chi connectivity index (χ4v) is 2.61. The second-order valence-corrected chi connectivity index (χ2v) is 5.94. The Balaban J connectivity index is 2.09. The molecule has 5 nitrogen and oxygen atoms in total. The van der Waals surface area contributed by atoms with Crippen molar-refractivity contribution in [2.45, 2.75) is 20.8 Å². The van der Waals surface area contributed by atoms with Crippen LogP contribution >= 0.6 is 11.6 Å². The van der Waals surface area contributed by atoms with E-state index in [0.717, 1.165) is 16.8 Å². The van der Waals surface area contributed by atoms with Crippen molar-refractivity contribution in [1.29, 1.82) is 0 Å². The number of carbonyl (C=O) groups excluding carboxylic acids is 2. The van der Waals surface area contributed by atoms with E-state index in [4.69, 9.17) is 21.1 Å². The van der Waals surface area contributed by atoms with E-state index in [9.17, 15) is 9.59 Å². The molecule has 0 unspecified atom stereocenters. The fourth-order valence-electron chi connectivity index (χ4n) is 2.34. The Kier molecular flexibility index (Phi) is 6.42. The molecule has 0 aliphatic rings. The standard InChI is InChI=1S/C19H20ClNO4/c1-4-24-17-9-14(10-22)8-15(20)19(17)25-11-18(23)21-16-6-5-12(2)7-13(16)3/h5-10H,4,11H2,1-3H3,(H,21,23).